The van der Waals surface area contributed by atoms with Gasteiger partial charge in [-0.15, -0.1) is 0 Å². The van der Waals surface area contributed by atoms with Crippen LogP contribution in [0.4, 0.5) is 5.69 Å². The van der Waals surface area contributed by atoms with Crippen LogP contribution in [0.1, 0.15) is 12.8 Å². The Kier molecular flexibility index (Phi) is 4.68. The summed E-state index contributed by atoms with van der Waals surface area (Å²) in [6, 6.07) is 3.38. The van der Waals surface area contributed by atoms with Gasteiger partial charge in [0.2, 0.25) is 5.75 Å². The molecule has 1 aliphatic rings. The van der Waals surface area contributed by atoms with Crippen LogP contribution < -0.4 is 19.5 Å². The van der Waals surface area contributed by atoms with Crippen molar-refractivity contribution in [3.8, 4) is 17.2 Å². The Morgan fingerprint density at radius 2 is 1.85 bits per heavy atom. The zero-order valence-corrected chi connectivity index (χ0v) is 11.9. The second kappa shape index (κ2) is 6.47. The van der Waals surface area contributed by atoms with E-state index in [1.54, 1.807) is 12.1 Å². The number of amides is 1. The smallest absolute Gasteiger partial charge is 0.253 e. The molecule has 0 aromatic heterocycles. The molecule has 0 bridgehead atoms. The monoisotopic (exact) mass is 281 g/mol. The van der Waals surface area contributed by atoms with Crippen LogP contribution in [0.2, 0.25) is 0 Å². The Hall–Kier alpha value is -1.95. The lowest BCUT2D eigenvalue weighted by atomic mass is 10.2. The van der Waals surface area contributed by atoms with E-state index in [9.17, 15) is 4.79 Å². The van der Waals surface area contributed by atoms with Crippen LogP contribution in [0.15, 0.2) is 12.1 Å². The van der Waals surface area contributed by atoms with Crippen molar-refractivity contribution in [2.45, 2.75) is 18.9 Å². The predicted octanol–water partition coefficient (Wildman–Crippen LogP) is 1.83. The van der Waals surface area contributed by atoms with Crippen molar-refractivity contribution in [1.82, 2.24) is 0 Å². The van der Waals surface area contributed by atoms with Crippen LogP contribution in [-0.2, 0) is 9.53 Å². The molecule has 20 heavy (non-hydrogen) atoms. The fraction of sp³-hybridized carbons (Fsp3) is 0.500. The van der Waals surface area contributed by atoms with Crippen molar-refractivity contribution in [1.29, 1.82) is 0 Å². The predicted molar refractivity (Wildman–Crippen MR) is 73.7 cm³/mol. The van der Waals surface area contributed by atoms with E-state index in [1.807, 2.05) is 0 Å². The fourth-order valence-electron chi connectivity index (χ4n) is 2.16. The largest absolute Gasteiger partial charge is 0.493 e. The summed E-state index contributed by atoms with van der Waals surface area (Å²) in [4.78, 5) is 12.0. The van der Waals surface area contributed by atoms with Crippen LogP contribution in [0.3, 0.4) is 0 Å². The molecule has 1 N–H and O–H groups in total. The Balaban J connectivity index is 2.21. The molecule has 6 nitrogen and oxygen atoms in total. The van der Waals surface area contributed by atoms with Gasteiger partial charge >= 0.3 is 0 Å². The summed E-state index contributed by atoms with van der Waals surface area (Å²) in [6.45, 7) is 0.632. The summed E-state index contributed by atoms with van der Waals surface area (Å²) in [5.74, 6) is 1.32. The average molecular weight is 281 g/mol. The van der Waals surface area contributed by atoms with E-state index in [2.05, 4.69) is 5.32 Å². The lowest BCUT2D eigenvalue weighted by Gasteiger charge is -2.15. The van der Waals surface area contributed by atoms with E-state index in [1.165, 1.54) is 21.3 Å². The number of hydrogen-bond donors (Lipinski definition) is 1. The highest BCUT2D eigenvalue weighted by Gasteiger charge is 2.24. The average Bonchev–Trinajstić information content (AvgIpc) is 3.00. The number of nitrogens with one attached hydrogen (secondary N) is 1. The van der Waals surface area contributed by atoms with E-state index >= 15 is 0 Å². The van der Waals surface area contributed by atoms with Crippen LogP contribution in [0, 0.1) is 0 Å². The first-order valence-electron chi connectivity index (χ1n) is 6.42. The van der Waals surface area contributed by atoms with Gasteiger partial charge in [-0.25, -0.2) is 0 Å². The Labute approximate surface area is 118 Å². The van der Waals surface area contributed by atoms with Crippen LogP contribution in [-0.4, -0.2) is 39.9 Å². The number of carbonyl (C=O) groups excluding carboxylic acids is 1. The van der Waals surface area contributed by atoms with Crippen LogP contribution >= 0.6 is 0 Å². The third kappa shape index (κ3) is 2.96. The standard InChI is InChI=1S/C14H19NO5/c1-17-11-7-9(8-12(18-2)13(11)19-3)15-14(16)10-5-4-6-20-10/h7-8,10H,4-6H2,1-3H3,(H,15,16). The Morgan fingerprint density at radius 3 is 2.30 bits per heavy atom. The number of anilines is 1. The van der Waals surface area contributed by atoms with Gasteiger partial charge in [0.1, 0.15) is 6.10 Å². The van der Waals surface area contributed by atoms with Crippen molar-refractivity contribution >= 4 is 11.6 Å². The van der Waals surface area contributed by atoms with E-state index < -0.39 is 0 Å². The Bertz CT molecular complexity index is 457. The molecule has 1 heterocycles. The molecule has 1 aliphatic heterocycles. The molecular formula is C14H19NO5. The molecule has 1 saturated heterocycles. The first-order chi connectivity index (χ1) is 9.69. The number of rotatable bonds is 5. The topological polar surface area (TPSA) is 66.0 Å². The van der Waals surface area contributed by atoms with Gasteiger partial charge in [-0.05, 0) is 12.8 Å². The molecule has 2 rings (SSSR count). The molecule has 1 unspecified atom stereocenters. The second-order valence-electron chi connectivity index (χ2n) is 4.40. The minimum atomic E-state index is -0.380. The number of hydrogen-bond acceptors (Lipinski definition) is 5. The second-order valence-corrected chi connectivity index (χ2v) is 4.40. The fourth-order valence-corrected chi connectivity index (χ4v) is 2.16. The van der Waals surface area contributed by atoms with Gasteiger partial charge in [0.05, 0.1) is 21.3 Å². The highest BCUT2D eigenvalue weighted by molar-refractivity contribution is 5.95. The quantitative estimate of drug-likeness (QED) is 0.892. The number of methoxy groups -OCH3 is 3. The van der Waals surface area contributed by atoms with Gasteiger partial charge in [0, 0.05) is 24.4 Å². The molecule has 0 spiro atoms. The minimum absolute atomic E-state index is 0.156. The van der Waals surface area contributed by atoms with E-state index in [4.69, 9.17) is 18.9 Å². The minimum Gasteiger partial charge on any atom is -0.493 e. The highest BCUT2D eigenvalue weighted by atomic mass is 16.5. The number of carbonyl (C=O) groups is 1. The van der Waals surface area contributed by atoms with E-state index in [-0.39, 0.29) is 12.0 Å². The molecule has 1 fully saturated rings. The summed E-state index contributed by atoms with van der Waals surface area (Å²) >= 11 is 0. The molecule has 0 saturated carbocycles. The third-order valence-corrected chi connectivity index (χ3v) is 3.15. The molecule has 110 valence electrons. The van der Waals surface area contributed by atoms with Gasteiger partial charge in [-0.3, -0.25) is 4.79 Å². The van der Waals surface area contributed by atoms with Crippen molar-refractivity contribution in [3.63, 3.8) is 0 Å². The molecule has 1 atom stereocenters. The molecular weight excluding hydrogens is 262 g/mol. The Morgan fingerprint density at radius 1 is 1.20 bits per heavy atom. The van der Waals surface area contributed by atoms with Crippen molar-refractivity contribution in [3.05, 3.63) is 12.1 Å². The van der Waals surface area contributed by atoms with Crippen molar-refractivity contribution < 1.29 is 23.7 Å². The zero-order chi connectivity index (χ0) is 14.5. The first kappa shape index (κ1) is 14.5. The van der Waals surface area contributed by atoms with Gasteiger partial charge in [-0.2, -0.15) is 0 Å². The molecule has 0 aliphatic carbocycles. The molecule has 1 aromatic rings. The van der Waals surface area contributed by atoms with Gasteiger partial charge in [-0.1, -0.05) is 0 Å². The van der Waals surface area contributed by atoms with Crippen molar-refractivity contribution in [2.24, 2.45) is 0 Å². The SMILES string of the molecule is COc1cc(NC(=O)C2CCCO2)cc(OC)c1OC. The number of ether oxygens (including phenoxy) is 4. The highest BCUT2D eigenvalue weighted by Crippen LogP contribution is 2.40. The van der Waals surface area contributed by atoms with Crippen molar-refractivity contribution in [2.75, 3.05) is 33.3 Å². The normalized spacial score (nSPS) is 17.6. The zero-order valence-electron chi connectivity index (χ0n) is 11.9. The molecule has 1 amide bonds. The first-order valence-corrected chi connectivity index (χ1v) is 6.42. The lowest BCUT2D eigenvalue weighted by molar-refractivity contribution is -0.124. The van der Waals surface area contributed by atoms with E-state index in [0.29, 0.717) is 29.5 Å². The maximum absolute atomic E-state index is 12.0. The van der Waals surface area contributed by atoms with E-state index in [0.717, 1.165) is 12.8 Å². The van der Waals surface area contributed by atoms with Crippen LogP contribution in [0.25, 0.3) is 0 Å². The molecule has 1 aromatic carbocycles. The summed E-state index contributed by atoms with van der Waals surface area (Å²) in [5, 5.41) is 2.81. The summed E-state index contributed by atoms with van der Waals surface area (Å²) in [7, 11) is 4.59. The summed E-state index contributed by atoms with van der Waals surface area (Å²) < 4.78 is 21.1. The third-order valence-electron chi connectivity index (χ3n) is 3.15. The van der Waals surface area contributed by atoms with Gasteiger partial charge < -0.3 is 24.3 Å². The lowest BCUT2D eigenvalue weighted by Crippen LogP contribution is -2.26. The number of benzene rings is 1. The maximum atomic E-state index is 12.0. The van der Waals surface area contributed by atoms with Crippen LogP contribution in [0.5, 0.6) is 17.2 Å². The van der Waals surface area contributed by atoms with Gasteiger partial charge in [0.15, 0.2) is 11.5 Å². The summed E-state index contributed by atoms with van der Waals surface area (Å²) in [6.07, 6.45) is 1.28. The van der Waals surface area contributed by atoms with Gasteiger partial charge in [0.25, 0.3) is 5.91 Å². The maximum Gasteiger partial charge on any atom is 0.253 e. The summed E-state index contributed by atoms with van der Waals surface area (Å²) in [5.41, 5.74) is 0.583. The molecule has 0 radical (unpaired) electrons. The molecule has 6 heteroatoms.